The maximum absolute atomic E-state index is 3.92. The summed E-state index contributed by atoms with van der Waals surface area (Å²) in [4.78, 5) is 2.47. The van der Waals surface area contributed by atoms with Gasteiger partial charge in [0.15, 0.2) is 0 Å². The lowest BCUT2D eigenvalue weighted by atomic mass is 9.71. The highest BCUT2D eigenvalue weighted by Crippen LogP contribution is 2.37. The Balaban J connectivity index is 1.73. The van der Waals surface area contributed by atoms with Crippen LogP contribution in [0.1, 0.15) is 59.3 Å². The first kappa shape index (κ1) is 14.3. The standard InChI is InChI=1S/C16H32N2/c1-16(2,3)13-7-9-14(10-8-13)17-15-6-5-11-18(4)12-15/h13-15,17H,5-12H2,1-4H3. The number of nitrogens with zero attached hydrogens (tertiary/aromatic N) is 1. The van der Waals surface area contributed by atoms with Crippen LogP contribution in [0.15, 0.2) is 0 Å². The Bertz CT molecular complexity index is 248. The minimum Gasteiger partial charge on any atom is -0.310 e. The molecule has 106 valence electrons. The van der Waals surface area contributed by atoms with E-state index in [2.05, 4.69) is 38.0 Å². The van der Waals surface area contributed by atoms with E-state index in [4.69, 9.17) is 0 Å². The van der Waals surface area contributed by atoms with Gasteiger partial charge in [0.1, 0.15) is 0 Å². The monoisotopic (exact) mass is 252 g/mol. The second-order valence-electron chi connectivity index (χ2n) is 7.68. The van der Waals surface area contributed by atoms with Gasteiger partial charge in [0.25, 0.3) is 0 Å². The van der Waals surface area contributed by atoms with Gasteiger partial charge >= 0.3 is 0 Å². The van der Waals surface area contributed by atoms with Gasteiger partial charge in [0.2, 0.25) is 0 Å². The van der Waals surface area contributed by atoms with Gasteiger partial charge in [-0.2, -0.15) is 0 Å². The molecule has 1 atom stereocenters. The Kier molecular flexibility index (Phi) is 4.71. The van der Waals surface area contributed by atoms with Crippen LogP contribution >= 0.6 is 0 Å². The number of likely N-dealkylation sites (tertiary alicyclic amines) is 1. The van der Waals surface area contributed by atoms with Gasteiger partial charge in [-0.15, -0.1) is 0 Å². The molecule has 1 saturated carbocycles. The lowest BCUT2D eigenvalue weighted by molar-refractivity contribution is 0.144. The Morgan fingerprint density at radius 1 is 0.944 bits per heavy atom. The largest absolute Gasteiger partial charge is 0.310 e. The molecule has 0 amide bonds. The van der Waals surface area contributed by atoms with Gasteiger partial charge < -0.3 is 10.2 Å². The van der Waals surface area contributed by atoms with E-state index in [9.17, 15) is 0 Å². The average Bonchev–Trinajstić information content (AvgIpc) is 2.28. The summed E-state index contributed by atoms with van der Waals surface area (Å²) in [6.07, 6.45) is 8.37. The number of rotatable bonds is 2. The molecule has 0 aromatic carbocycles. The maximum atomic E-state index is 3.92. The van der Waals surface area contributed by atoms with E-state index in [1.54, 1.807) is 0 Å². The molecular weight excluding hydrogens is 220 g/mol. The first-order valence-electron chi connectivity index (χ1n) is 7.90. The van der Waals surface area contributed by atoms with E-state index in [1.165, 1.54) is 51.6 Å². The van der Waals surface area contributed by atoms with E-state index in [0.29, 0.717) is 5.41 Å². The highest BCUT2D eigenvalue weighted by Gasteiger charge is 2.30. The zero-order valence-corrected chi connectivity index (χ0v) is 12.8. The number of likely N-dealkylation sites (N-methyl/N-ethyl adjacent to an activating group) is 1. The Hall–Kier alpha value is -0.0800. The Labute approximate surface area is 114 Å². The quantitative estimate of drug-likeness (QED) is 0.811. The van der Waals surface area contributed by atoms with Crippen LogP contribution in [0.2, 0.25) is 0 Å². The Morgan fingerprint density at radius 2 is 1.61 bits per heavy atom. The summed E-state index contributed by atoms with van der Waals surface area (Å²) in [6.45, 7) is 9.75. The lowest BCUT2D eigenvalue weighted by Gasteiger charge is -2.39. The molecular formula is C16H32N2. The van der Waals surface area contributed by atoms with Gasteiger partial charge in [-0.25, -0.2) is 0 Å². The molecule has 2 nitrogen and oxygen atoms in total. The van der Waals surface area contributed by atoms with E-state index < -0.39 is 0 Å². The molecule has 0 aromatic rings. The number of hydrogen-bond acceptors (Lipinski definition) is 2. The predicted molar refractivity (Wildman–Crippen MR) is 78.9 cm³/mol. The molecule has 2 aliphatic rings. The summed E-state index contributed by atoms with van der Waals surface area (Å²) < 4.78 is 0. The third kappa shape index (κ3) is 3.96. The summed E-state index contributed by atoms with van der Waals surface area (Å²) in [7, 11) is 2.25. The van der Waals surface area contributed by atoms with Crippen molar-refractivity contribution < 1.29 is 0 Å². The van der Waals surface area contributed by atoms with Crippen LogP contribution in [0.4, 0.5) is 0 Å². The Morgan fingerprint density at radius 3 is 2.17 bits per heavy atom. The zero-order chi connectivity index (χ0) is 13.2. The summed E-state index contributed by atoms with van der Waals surface area (Å²) in [6, 6.07) is 1.54. The van der Waals surface area contributed by atoms with Crippen molar-refractivity contribution in [2.24, 2.45) is 11.3 Å². The van der Waals surface area contributed by atoms with Gasteiger partial charge in [-0.1, -0.05) is 20.8 Å². The van der Waals surface area contributed by atoms with Crippen molar-refractivity contribution in [1.29, 1.82) is 0 Å². The number of nitrogens with one attached hydrogen (secondary N) is 1. The molecule has 0 bridgehead atoms. The molecule has 1 aliphatic heterocycles. The molecule has 1 aliphatic carbocycles. The molecule has 2 fully saturated rings. The van der Waals surface area contributed by atoms with E-state index in [1.807, 2.05) is 0 Å². The first-order valence-corrected chi connectivity index (χ1v) is 7.90. The van der Waals surface area contributed by atoms with Gasteiger partial charge in [0.05, 0.1) is 0 Å². The molecule has 0 spiro atoms. The highest BCUT2D eigenvalue weighted by molar-refractivity contribution is 4.86. The van der Waals surface area contributed by atoms with Crippen molar-refractivity contribution in [3.63, 3.8) is 0 Å². The van der Waals surface area contributed by atoms with Crippen LogP contribution in [0.25, 0.3) is 0 Å². The highest BCUT2D eigenvalue weighted by atomic mass is 15.1. The normalized spacial score (nSPS) is 35.7. The molecule has 2 rings (SSSR count). The number of piperidine rings is 1. The molecule has 18 heavy (non-hydrogen) atoms. The molecule has 0 radical (unpaired) electrons. The van der Waals surface area contributed by atoms with Crippen LogP contribution in [0, 0.1) is 11.3 Å². The maximum Gasteiger partial charge on any atom is 0.0197 e. The van der Waals surface area contributed by atoms with Crippen molar-refractivity contribution in [1.82, 2.24) is 10.2 Å². The molecule has 1 N–H and O–H groups in total. The second-order valence-corrected chi connectivity index (χ2v) is 7.68. The summed E-state index contributed by atoms with van der Waals surface area (Å²) in [5, 5.41) is 3.92. The smallest absolute Gasteiger partial charge is 0.0197 e. The zero-order valence-electron chi connectivity index (χ0n) is 12.8. The van der Waals surface area contributed by atoms with E-state index in [0.717, 1.165) is 18.0 Å². The van der Waals surface area contributed by atoms with E-state index >= 15 is 0 Å². The third-order valence-corrected chi connectivity index (χ3v) is 5.05. The molecule has 0 aromatic heterocycles. The second kappa shape index (κ2) is 5.92. The third-order valence-electron chi connectivity index (χ3n) is 5.05. The van der Waals surface area contributed by atoms with Crippen molar-refractivity contribution in [3.05, 3.63) is 0 Å². The fraction of sp³-hybridized carbons (Fsp3) is 1.00. The van der Waals surface area contributed by atoms with Crippen LogP contribution in [-0.4, -0.2) is 37.1 Å². The van der Waals surface area contributed by atoms with Crippen LogP contribution < -0.4 is 5.32 Å². The van der Waals surface area contributed by atoms with Crippen LogP contribution in [0.3, 0.4) is 0 Å². The fourth-order valence-corrected chi connectivity index (χ4v) is 3.76. The molecule has 1 saturated heterocycles. The summed E-state index contributed by atoms with van der Waals surface area (Å²) in [5.41, 5.74) is 0.510. The molecule has 1 unspecified atom stereocenters. The van der Waals surface area contributed by atoms with Gasteiger partial charge in [-0.3, -0.25) is 0 Å². The summed E-state index contributed by atoms with van der Waals surface area (Å²) in [5.74, 6) is 0.935. The predicted octanol–water partition coefficient (Wildman–Crippen LogP) is 3.28. The first-order chi connectivity index (χ1) is 8.45. The van der Waals surface area contributed by atoms with Crippen LogP contribution in [-0.2, 0) is 0 Å². The molecule has 2 heteroatoms. The van der Waals surface area contributed by atoms with Crippen molar-refractivity contribution in [3.8, 4) is 0 Å². The fourth-order valence-electron chi connectivity index (χ4n) is 3.76. The minimum absolute atomic E-state index is 0.510. The van der Waals surface area contributed by atoms with Gasteiger partial charge in [0, 0.05) is 18.6 Å². The summed E-state index contributed by atoms with van der Waals surface area (Å²) >= 11 is 0. The van der Waals surface area contributed by atoms with Crippen molar-refractivity contribution >= 4 is 0 Å². The van der Waals surface area contributed by atoms with E-state index in [-0.39, 0.29) is 0 Å². The SMILES string of the molecule is CN1CCCC(NC2CCC(C(C)(C)C)CC2)C1. The van der Waals surface area contributed by atoms with Crippen molar-refractivity contribution in [2.75, 3.05) is 20.1 Å². The van der Waals surface area contributed by atoms with Crippen molar-refractivity contribution in [2.45, 2.75) is 71.4 Å². The average molecular weight is 252 g/mol. The minimum atomic E-state index is 0.510. The molecule has 1 heterocycles. The topological polar surface area (TPSA) is 15.3 Å². The number of hydrogen-bond donors (Lipinski definition) is 1. The van der Waals surface area contributed by atoms with Gasteiger partial charge in [-0.05, 0) is 63.5 Å². The lowest BCUT2D eigenvalue weighted by Crippen LogP contribution is -2.49. The van der Waals surface area contributed by atoms with Crippen LogP contribution in [0.5, 0.6) is 0 Å².